The molecule has 0 atom stereocenters. The number of fused-ring (bicyclic) bond motifs is 1. The second kappa shape index (κ2) is 8.14. The lowest BCUT2D eigenvalue weighted by Gasteiger charge is -2.10. The lowest BCUT2D eigenvalue weighted by molar-refractivity contribution is -0.113. The summed E-state index contributed by atoms with van der Waals surface area (Å²) in [7, 11) is 1.53. The van der Waals surface area contributed by atoms with Gasteiger partial charge in [0, 0.05) is 5.56 Å². The summed E-state index contributed by atoms with van der Waals surface area (Å²) in [5.41, 5.74) is 3.93. The second-order valence-electron chi connectivity index (χ2n) is 6.24. The van der Waals surface area contributed by atoms with E-state index in [0.29, 0.717) is 28.8 Å². The number of methoxy groups -OCH3 is 1. The number of nitriles is 1. The molecular formula is C20H19N3O3S. The topological polar surface area (TPSA) is 88.2 Å². The first-order valence-corrected chi connectivity index (χ1v) is 9.40. The van der Waals surface area contributed by atoms with Crippen molar-refractivity contribution in [3.05, 3.63) is 42.0 Å². The maximum Gasteiger partial charge on any atom is 0.235 e. The van der Waals surface area contributed by atoms with Crippen LogP contribution in [0.1, 0.15) is 25.3 Å². The molecule has 1 amide bonds. The fourth-order valence-electron chi connectivity index (χ4n) is 2.65. The molecule has 2 aromatic carbocycles. The van der Waals surface area contributed by atoms with Gasteiger partial charge in [0.2, 0.25) is 11.8 Å². The minimum absolute atomic E-state index is 0.0464. The minimum Gasteiger partial charge on any atom is -0.495 e. The molecule has 1 heterocycles. The average Bonchev–Trinajstić information content (AvgIpc) is 3.09. The first kappa shape index (κ1) is 18.8. The number of oxazole rings is 1. The van der Waals surface area contributed by atoms with Gasteiger partial charge in [-0.25, -0.2) is 4.98 Å². The molecule has 0 saturated heterocycles. The van der Waals surface area contributed by atoms with Crippen LogP contribution in [0.4, 0.5) is 5.69 Å². The number of hydrogen-bond donors (Lipinski definition) is 1. The number of carbonyl (C=O) groups is 1. The van der Waals surface area contributed by atoms with Crippen LogP contribution in [0.15, 0.2) is 40.8 Å². The number of anilines is 1. The summed E-state index contributed by atoms with van der Waals surface area (Å²) in [5, 5.41) is 13.2. The number of thioether (sulfide) groups is 1. The molecule has 0 radical (unpaired) electrons. The van der Waals surface area contributed by atoms with E-state index < -0.39 is 0 Å². The summed E-state index contributed by atoms with van der Waals surface area (Å²) < 4.78 is 11.2. The number of hydrogen-bond acceptors (Lipinski definition) is 6. The largest absolute Gasteiger partial charge is 0.495 e. The highest BCUT2D eigenvalue weighted by molar-refractivity contribution is 8.04. The molecule has 3 rings (SSSR count). The van der Waals surface area contributed by atoms with Gasteiger partial charge in [0.05, 0.1) is 18.6 Å². The number of amides is 1. The zero-order chi connectivity index (χ0) is 19.4. The van der Waals surface area contributed by atoms with E-state index in [4.69, 9.17) is 14.4 Å². The monoisotopic (exact) mass is 381 g/mol. The Morgan fingerprint density at radius 2 is 2.15 bits per heavy atom. The summed E-state index contributed by atoms with van der Waals surface area (Å²) in [6, 6.07) is 11.3. The van der Waals surface area contributed by atoms with E-state index in [1.165, 1.54) is 12.7 Å². The normalized spacial score (nSPS) is 10.8. The molecule has 0 fully saturated rings. The van der Waals surface area contributed by atoms with Gasteiger partial charge in [-0.3, -0.25) is 4.79 Å². The summed E-state index contributed by atoms with van der Waals surface area (Å²) in [6.45, 7) is 4.26. The third kappa shape index (κ3) is 4.23. The zero-order valence-corrected chi connectivity index (χ0v) is 16.1. The zero-order valence-electron chi connectivity index (χ0n) is 15.3. The van der Waals surface area contributed by atoms with E-state index in [0.717, 1.165) is 22.8 Å². The summed E-state index contributed by atoms with van der Waals surface area (Å²) in [4.78, 5) is 16.5. The van der Waals surface area contributed by atoms with Gasteiger partial charge in [0.15, 0.2) is 5.58 Å². The van der Waals surface area contributed by atoms with Gasteiger partial charge in [-0.2, -0.15) is 5.26 Å². The van der Waals surface area contributed by atoms with Gasteiger partial charge in [-0.1, -0.05) is 19.9 Å². The van der Waals surface area contributed by atoms with Crippen molar-refractivity contribution in [2.24, 2.45) is 0 Å². The van der Waals surface area contributed by atoms with Crippen molar-refractivity contribution in [3.8, 4) is 22.6 Å². The number of carbonyl (C=O) groups excluding carboxylic acids is 1. The van der Waals surface area contributed by atoms with Crippen molar-refractivity contribution in [2.75, 3.05) is 18.2 Å². The van der Waals surface area contributed by atoms with Gasteiger partial charge in [0.25, 0.3) is 0 Å². The van der Waals surface area contributed by atoms with Gasteiger partial charge in [0.1, 0.15) is 16.7 Å². The standard InChI is InChI=1S/C20H19N3O3S/c1-12(2)13-4-7-18-16(8-13)23-20(26-18)14-5-6-17(25-3)15(9-14)22-19(24)10-27-11-21/h4-9,12H,10H2,1-3H3,(H,22,24). The lowest BCUT2D eigenvalue weighted by atomic mass is 10.0. The summed E-state index contributed by atoms with van der Waals surface area (Å²) >= 11 is 0.878. The Bertz CT molecular complexity index is 1020. The van der Waals surface area contributed by atoms with Crippen LogP contribution in [0.5, 0.6) is 5.75 Å². The van der Waals surface area contributed by atoms with Gasteiger partial charge in [-0.15, -0.1) is 0 Å². The molecule has 7 heteroatoms. The number of benzene rings is 2. The van der Waals surface area contributed by atoms with Gasteiger partial charge < -0.3 is 14.5 Å². The number of aromatic nitrogens is 1. The maximum absolute atomic E-state index is 12.0. The fourth-order valence-corrected chi connectivity index (χ4v) is 2.92. The number of rotatable bonds is 6. The van der Waals surface area contributed by atoms with Crippen LogP contribution in [0.3, 0.4) is 0 Å². The van der Waals surface area contributed by atoms with Crippen LogP contribution in [0.25, 0.3) is 22.6 Å². The van der Waals surface area contributed by atoms with E-state index in [-0.39, 0.29) is 11.7 Å². The Morgan fingerprint density at radius 3 is 2.85 bits per heavy atom. The average molecular weight is 381 g/mol. The van der Waals surface area contributed by atoms with E-state index in [1.54, 1.807) is 12.1 Å². The van der Waals surface area contributed by atoms with Crippen molar-refractivity contribution in [1.82, 2.24) is 4.98 Å². The molecule has 27 heavy (non-hydrogen) atoms. The molecule has 0 bridgehead atoms. The van der Waals surface area contributed by atoms with Crippen molar-refractivity contribution >= 4 is 34.5 Å². The first-order valence-electron chi connectivity index (χ1n) is 8.41. The molecule has 0 saturated carbocycles. The summed E-state index contributed by atoms with van der Waals surface area (Å²) in [6.07, 6.45) is 0. The maximum atomic E-state index is 12.0. The number of thiocyanates is 1. The van der Waals surface area contributed by atoms with Crippen LogP contribution in [-0.4, -0.2) is 23.8 Å². The Hall–Kier alpha value is -2.98. The van der Waals surface area contributed by atoms with Crippen LogP contribution >= 0.6 is 11.8 Å². The Kier molecular flexibility index (Phi) is 5.67. The first-order chi connectivity index (χ1) is 13.0. The molecule has 6 nitrogen and oxygen atoms in total. The molecule has 1 N–H and O–H groups in total. The number of nitrogens with one attached hydrogen (secondary N) is 1. The smallest absolute Gasteiger partial charge is 0.235 e. The van der Waals surface area contributed by atoms with Gasteiger partial charge >= 0.3 is 0 Å². The predicted molar refractivity (Wildman–Crippen MR) is 107 cm³/mol. The van der Waals surface area contributed by atoms with E-state index >= 15 is 0 Å². The predicted octanol–water partition coefficient (Wildman–Crippen LogP) is 4.78. The molecule has 0 aliphatic carbocycles. The summed E-state index contributed by atoms with van der Waals surface area (Å²) in [5.74, 6) is 1.16. The molecular weight excluding hydrogens is 362 g/mol. The highest BCUT2D eigenvalue weighted by Crippen LogP contribution is 2.32. The number of ether oxygens (including phenoxy) is 1. The van der Waals surface area contributed by atoms with Crippen molar-refractivity contribution in [2.45, 2.75) is 19.8 Å². The van der Waals surface area contributed by atoms with E-state index in [2.05, 4.69) is 24.1 Å². The highest BCUT2D eigenvalue weighted by atomic mass is 32.2. The SMILES string of the molecule is COc1ccc(-c2nc3cc(C(C)C)ccc3o2)cc1NC(=O)CSC#N. The Labute approximate surface area is 161 Å². The second-order valence-corrected chi connectivity index (χ2v) is 7.00. The van der Waals surface area contributed by atoms with Crippen molar-refractivity contribution < 1.29 is 13.9 Å². The highest BCUT2D eigenvalue weighted by Gasteiger charge is 2.14. The molecule has 0 unspecified atom stereocenters. The number of nitrogens with zero attached hydrogens (tertiary/aromatic N) is 2. The molecule has 3 aromatic rings. The quantitative estimate of drug-likeness (QED) is 0.618. The minimum atomic E-state index is -0.281. The van der Waals surface area contributed by atoms with E-state index in [1.807, 2.05) is 29.7 Å². The van der Waals surface area contributed by atoms with E-state index in [9.17, 15) is 4.79 Å². The van der Waals surface area contributed by atoms with Crippen LogP contribution in [-0.2, 0) is 4.79 Å². The molecule has 0 aliphatic heterocycles. The molecule has 0 spiro atoms. The molecule has 138 valence electrons. The Morgan fingerprint density at radius 1 is 1.33 bits per heavy atom. The van der Waals surface area contributed by atoms with Crippen LogP contribution in [0, 0.1) is 10.7 Å². The van der Waals surface area contributed by atoms with Crippen LogP contribution < -0.4 is 10.1 Å². The van der Waals surface area contributed by atoms with Crippen LogP contribution in [0.2, 0.25) is 0 Å². The third-order valence-corrected chi connectivity index (χ3v) is 4.60. The fraction of sp³-hybridized carbons (Fsp3) is 0.250. The van der Waals surface area contributed by atoms with Crippen molar-refractivity contribution in [3.63, 3.8) is 0 Å². The third-order valence-electron chi connectivity index (χ3n) is 4.07. The van der Waals surface area contributed by atoms with Gasteiger partial charge in [-0.05, 0) is 53.6 Å². The molecule has 0 aliphatic rings. The molecule has 1 aromatic heterocycles. The van der Waals surface area contributed by atoms with Crippen molar-refractivity contribution in [1.29, 1.82) is 5.26 Å². The lowest BCUT2D eigenvalue weighted by Crippen LogP contribution is -2.14. The Balaban J connectivity index is 1.94.